The van der Waals surface area contributed by atoms with Gasteiger partial charge in [-0.1, -0.05) is 35.5 Å². The second-order valence-electron chi connectivity index (χ2n) is 7.58. The molecule has 0 aliphatic carbocycles. The van der Waals surface area contributed by atoms with E-state index in [1.807, 2.05) is 6.07 Å². The number of ether oxygens (including phenoxy) is 1. The van der Waals surface area contributed by atoms with Crippen molar-refractivity contribution in [3.8, 4) is 0 Å². The molecule has 184 valence electrons. The Morgan fingerprint density at radius 1 is 1.34 bits per heavy atom. The standard InChI is InChI=1S/C21H21N5O7S2/c22-21-23-12(9-35-21)14(25-32)17(28)24-15-18(29)26-16(20(30)31)11(8-34-19(15)26)6-33-7-13(27)10-4-2-1-3-5-10/h1-5,9,13,15,19,27,32H,6-8H2,(H2,22,23)(H,24,28)(H,30,31)/t13?,15?,19-/m0/s1. The van der Waals surface area contributed by atoms with E-state index in [4.69, 9.17) is 10.5 Å². The number of carbonyl (C=O) groups is 3. The first-order chi connectivity index (χ1) is 16.8. The number of aromatic nitrogens is 1. The molecule has 4 rings (SSSR count). The minimum absolute atomic E-state index is 0.0501. The normalized spacial score (nSPS) is 20.8. The number of carboxylic acid groups (broad SMARTS) is 1. The number of rotatable bonds is 9. The summed E-state index contributed by atoms with van der Waals surface area (Å²) in [6.45, 7) is -0.135. The van der Waals surface area contributed by atoms with Gasteiger partial charge in [0.25, 0.3) is 11.8 Å². The molecule has 0 spiro atoms. The van der Waals surface area contributed by atoms with Crippen LogP contribution in [0.1, 0.15) is 17.4 Å². The summed E-state index contributed by atoms with van der Waals surface area (Å²) < 4.78 is 5.55. The number of thiazole rings is 1. The van der Waals surface area contributed by atoms with Crippen LogP contribution in [-0.2, 0) is 19.1 Å². The van der Waals surface area contributed by atoms with Gasteiger partial charge in [-0.3, -0.25) is 14.5 Å². The van der Waals surface area contributed by atoms with Crippen molar-refractivity contribution < 1.29 is 34.5 Å². The van der Waals surface area contributed by atoms with Crippen molar-refractivity contribution in [3.63, 3.8) is 0 Å². The molecule has 0 bridgehead atoms. The van der Waals surface area contributed by atoms with E-state index < -0.39 is 41.0 Å². The number of nitrogens with zero attached hydrogens (tertiary/aromatic N) is 3. The summed E-state index contributed by atoms with van der Waals surface area (Å²) in [7, 11) is 0. The number of β-lactam (4-membered cyclic amide) rings is 1. The summed E-state index contributed by atoms with van der Waals surface area (Å²) in [5.74, 6) is -2.52. The highest BCUT2D eigenvalue weighted by Crippen LogP contribution is 2.40. The number of thioether (sulfide) groups is 1. The first kappa shape index (κ1) is 24.7. The summed E-state index contributed by atoms with van der Waals surface area (Å²) in [6, 6.07) is 7.88. The molecule has 1 aromatic heterocycles. The van der Waals surface area contributed by atoms with E-state index in [1.54, 1.807) is 24.3 Å². The molecule has 3 atom stereocenters. The fourth-order valence-corrected chi connectivity index (χ4v) is 5.55. The van der Waals surface area contributed by atoms with E-state index in [1.165, 1.54) is 17.1 Å². The zero-order chi connectivity index (χ0) is 25.1. The van der Waals surface area contributed by atoms with E-state index in [-0.39, 0.29) is 35.5 Å². The topological polar surface area (TPSA) is 188 Å². The number of oxime groups is 1. The highest BCUT2D eigenvalue weighted by molar-refractivity contribution is 8.00. The minimum Gasteiger partial charge on any atom is -0.477 e. The number of fused-ring (bicyclic) bond motifs is 1. The lowest BCUT2D eigenvalue weighted by atomic mass is 10.0. The highest BCUT2D eigenvalue weighted by Gasteiger charge is 2.54. The number of anilines is 1. The Hall–Kier alpha value is -3.46. The number of amides is 2. The van der Waals surface area contributed by atoms with Gasteiger partial charge in [-0.2, -0.15) is 0 Å². The Bertz CT molecular complexity index is 1200. The maximum Gasteiger partial charge on any atom is 0.352 e. The monoisotopic (exact) mass is 519 g/mol. The second-order valence-corrected chi connectivity index (χ2v) is 9.57. The molecule has 2 aromatic rings. The number of aliphatic carboxylic acids is 1. The summed E-state index contributed by atoms with van der Waals surface area (Å²) in [6.07, 6.45) is -0.880. The number of aliphatic hydroxyl groups is 1. The second kappa shape index (κ2) is 10.4. The number of nitrogens with two attached hydrogens (primary N) is 1. The Morgan fingerprint density at radius 3 is 2.71 bits per heavy atom. The molecular formula is C21H21N5O7S2. The average Bonchev–Trinajstić information content (AvgIpc) is 3.28. The van der Waals surface area contributed by atoms with Gasteiger partial charge in [0.15, 0.2) is 10.8 Å². The molecular weight excluding hydrogens is 498 g/mol. The van der Waals surface area contributed by atoms with Crippen molar-refractivity contribution in [2.24, 2.45) is 5.16 Å². The molecule has 2 aliphatic heterocycles. The molecule has 35 heavy (non-hydrogen) atoms. The third-order valence-corrected chi connectivity index (χ3v) is 7.37. The minimum atomic E-state index is -1.30. The molecule has 0 saturated carbocycles. The van der Waals surface area contributed by atoms with Gasteiger partial charge in [-0.15, -0.1) is 23.1 Å². The van der Waals surface area contributed by atoms with Gasteiger partial charge in [0.05, 0.1) is 13.2 Å². The van der Waals surface area contributed by atoms with Crippen LogP contribution in [-0.4, -0.2) is 79.2 Å². The number of benzene rings is 1. The van der Waals surface area contributed by atoms with Crippen molar-refractivity contribution in [3.05, 3.63) is 58.2 Å². The molecule has 0 radical (unpaired) electrons. The van der Waals surface area contributed by atoms with Crippen LogP contribution in [0.15, 0.2) is 52.1 Å². The van der Waals surface area contributed by atoms with E-state index in [0.29, 0.717) is 11.1 Å². The summed E-state index contributed by atoms with van der Waals surface area (Å²) in [4.78, 5) is 42.3. The van der Waals surface area contributed by atoms with Crippen molar-refractivity contribution in [2.75, 3.05) is 24.7 Å². The lowest BCUT2D eigenvalue weighted by molar-refractivity contribution is -0.150. The zero-order valence-electron chi connectivity index (χ0n) is 18.0. The van der Waals surface area contributed by atoms with Gasteiger partial charge in [-0.05, 0) is 11.1 Å². The fraction of sp³-hybridized carbons (Fsp3) is 0.286. The van der Waals surface area contributed by atoms with Crippen LogP contribution in [0.4, 0.5) is 5.13 Å². The van der Waals surface area contributed by atoms with Gasteiger partial charge in [-0.25, -0.2) is 9.78 Å². The lowest BCUT2D eigenvalue weighted by Gasteiger charge is -2.49. The summed E-state index contributed by atoms with van der Waals surface area (Å²) >= 11 is 2.31. The van der Waals surface area contributed by atoms with Crippen LogP contribution in [0.2, 0.25) is 0 Å². The molecule has 2 aliphatic rings. The predicted molar refractivity (Wildman–Crippen MR) is 127 cm³/mol. The van der Waals surface area contributed by atoms with Crippen molar-refractivity contribution in [1.82, 2.24) is 15.2 Å². The van der Waals surface area contributed by atoms with E-state index in [2.05, 4.69) is 15.5 Å². The number of aliphatic hydroxyl groups excluding tert-OH is 1. The van der Waals surface area contributed by atoms with Crippen LogP contribution in [0, 0.1) is 0 Å². The number of nitrogens with one attached hydrogen (secondary N) is 1. The van der Waals surface area contributed by atoms with Crippen molar-refractivity contribution in [2.45, 2.75) is 17.5 Å². The number of nitrogen functional groups attached to an aromatic ring is 1. The Balaban J connectivity index is 1.41. The third-order valence-electron chi connectivity index (χ3n) is 5.35. The van der Waals surface area contributed by atoms with Crippen LogP contribution in [0.3, 0.4) is 0 Å². The SMILES string of the molecule is Nc1nc(C(=NO)C(=O)NC2C(=O)N3C(C(=O)O)=C(COCC(O)c4ccccc4)CS[C@@H]23)cs1. The Morgan fingerprint density at radius 2 is 2.09 bits per heavy atom. The molecule has 1 saturated heterocycles. The van der Waals surface area contributed by atoms with Crippen LogP contribution < -0.4 is 11.1 Å². The van der Waals surface area contributed by atoms with E-state index >= 15 is 0 Å². The predicted octanol–water partition coefficient (Wildman–Crippen LogP) is 0.392. The smallest absolute Gasteiger partial charge is 0.352 e. The largest absolute Gasteiger partial charge is 0.477 e. The Kier molecular flexibility index (Phi) is 7.35. The fourth-order valence-electron chi connectivity index (χ4n) is 3.68. The molecule has 1 aromatic carbocycles. The average molecular weight is 520 g/mol. The first-order valence-corrected chi connectivity index (χ1v) is 12.2. The van der Waals surface area contributed by atoms with Crippen molar-refractivity contribution in [1.29, 1.82) is 0 Å². The van der Waals surface area contributed by atoms with Gasteiger partial charge in [0.2, 0.25) is 0 Å². The number of hydrogen-bond donors (Lipinski definition) is 5. The zero-order valence-corrected chi connectivity index (χ0v) is 19.7. The summed E-state index contributed by atoms with van der Waals surface area (Å²) in [5, 5.41) is 35.6. The summed E-state index contributed by atoms with van der Waals surface area (Å²) in [5.41, 5.74) is 6.03. The highest BCUT2D eigenvalue weighted by atomic mass is 32.2. The van der Waals surface area contributed by atoms with E-state index in [0.717, 1.165) is 16.2 Å². The first-order valence-electron chi connectivity index (χ1n) is 10.3. The number of hydrogen-bond acceptors (Lipinski definition) is 11. The van der Waals surface area contributed by atoms with Crippen LogP contribution in [0.25, 0.3) is 0 Å². The van der Waals surface area contributed by atoms with Crippen LogP contribution >= 0.6 is 23.1 Å². The maximum atomic E-state index is 12.8. The number of carbonyl (C=O) groups excluding carboxylic acids is 2. The van der Waals surface area contributed by atoms with Crippen LogP contribution in [0.5, 0.6) is 0 Å². The molecule has 14 heteroatoms. The molecule has 2 unspecified atom stereocenters. The van der Waals surface area contributed by atoms with Gasteiger partial charge in [0, 0.05) is 11.1 Å². The molecule has 2 amide bonds. The maximum absolute atomic E-state index is 12.8. The molecule has 6 N–H and O–H groups in total. The lowest BCUT2D eigenvalue weighted by Crippen LogP contribution is -2.71. The number of carboxylic acids is 1. The van der Waals surface area contributed by atoms with Gasteiger partial charge in [0.1, 0.15) is 28.9 Å². The van der Waals surface area contributed by atoms with Gasteiger partial charge < -0.3 is 31.2 Å². The third kappa shape index (κ3) is 5.00. The van der Waals surface area contributed by atoms with Crippen molar-refractivity contribution >= 4 is 51.7 Å². The quantitative estimate of drug-likeness (QED) is 0.134. The Labute approximate surface area is 207 Å². The van der Waals surface area contributed by atoms with Gasteiger partial charge >= 0.3 is 5.97 Å². The molecule has 3 heterocycles. The molecule has 1 fully saturated rings. The van der Waals surface area contributed by atoms with E-state index in [9.17, 15) is 29.8 Å². The molecule has 12 nitrogen and oxygen atoms in total.